The maximum atomic E-state index is 13.4. The SMILES string of the molecule is CCN1CCO[C@@H](CNC(=O)C2Cc3cc(F)ccc3O2)[C@@H]1c1ccccc1. The molecule has 1 fully saturated rings. The molecule has 2 aliphatic heterocycles. The van der Waals surface area contributed by atoms with Crippen molar-refractivity contribution in [1.29, 1.82) is 0 Å². The average molecular weight is 384 g/mol. The van der Waals surface area contributed by atoms with Gasteiger partial charge in [-0.15, -0.1) is 0 Å². The first kappa shape index (κ1) is 18.9. The Morgan fingerprint density at radius 3 is 2.86 bits per heavy atom. The third kappa shape index (κ3) is 3.88. The Bertz CT molecular complexity index is 830. The molecule has 3 atom stereocenters. The van der Waals surface area contributed by atoms with Crippen LogP contribution in [0.25, 0.3) is 0 Å². The van der Waals surface area contributed by atoms with E-state index in [1.807, 2.05) is 18.2 Å². The van der Waals surface area contributed by atoms with E-state index in [0.29, 0.717) is 25.3 Å². The van der Waals surface area contributed by atoms with Gasteiger partial charge in [-0.3, -0.25) is 9.69 Å². The zero-order valence-corrected chi connectivity index (χ0v) is 15.9. The lowest BCUT2D eigenvalue weighted by molar-refractivity contribution is -0.129. The molecule has 28 heavy (non-hydrogen) atoms. The lowest BCUT2D eigenvalue weighted by Gasteiger charge is -2.41. The average Bonchev–Trinajstić information content (AvgIpc) is 3.15. The van der Waals surface area contributed by atoms with Crippen LogP contribution in [0, 0.1) is 5.82 Å². The number of halogens is 1. The fourth-order valence-corrected chi connectivity index (χ4v) is 4.07. The number of hydrogen-bond acceptors (Lipinski definition) is 4. The van der Waals surface area contributed by atoms with E-state index >= 15 is 0 Å². The maximum Gasteiger partial charge on any atom is 0.261 e. The molecule has 2 heterocycles. The lowest BCUT2D eigenvalue weighted by atomic mass is 9.97. The van der Waals surface area contributed by atoms with Gasteiger partial charge in [-0.2, -0.15) is 0 Å². The smallest absolute Gasteiger partial charge is 0.261 e. The molecule has 6 heteroatoms. The van der Waals surface area contributed by atoms with Gasteiger partial charge in [0, 0.05) is 25.1 Å². The van der Waals surface area contributed by atoms with Crippen molar-refractivity contribution in [2.45, 2.75) is 31.6 Å². The second kappa shape index (κ2) is 8.29. The molecule has 2 aromatic carbocycles. The van der Waals surface area contributed by atoms with Crippen LogP contribution in [0.1, 0.15) is 24.1 Å². The van der Waals surface area contributed by atoms with Gasteiger partial charge in [0.25, 0.3) is 5.91 Å². The molecule has 0 saturated carbocycles. The highest BCUT2D eigenvalue weighted by molar-refractivity contribution is 5.82. The fraction of sp³-hybridized carbons (Fsp3) is 0.409. The van der Waals surface area contributed by atoms with E-state index in [-0.39, 0.29) is 23.9 Å². The number of hydrogen-bond donors (Lipinski definition) is 1. The van der Waals surface area contributed by atoms with Crippen LogP contribution < -0.4 is 10.1 Å². The minimum atomic E-state index is -0.627. The molecule has 5 nitrogen and oxygen atoms in total. The second-order valence-electron chi connectivity index (χ2n) is 7.20. The van der Waals surface area contributed by atoms with Crippen molar-refractivity contribution >= 4 is 5.91 Å². The van der Waals surface area contributed by atoms with Crippen molar-refractivity contribution in [2.24, 2.45) is 0 Å². The molecule has 2 aromatic rings. The van der Waals surface area contributed by atoms with E-state index in [2.05, 4.69) is 29.3 Å². The van der Waals surface area contributed by atoms with Crippen LogP contribution in [-0.4, -0.2) is 49.3 Å². The third-order valence-corrected chi connectivity index (χ3v) is 5.47. The van der Waals surface area contributed by atoms with Gasteiger partial charge in [0.2, 0.25) is 0 Å². The molecule has 0 bridgehead atoms. The number of morpholine rings is 1. The van der Waals surface area contributed by atoms with E-state index in [0.717, 1.165) is 18.7 Å². The van der Waals surface area contributed by atoms with E-state index in [9.17, 15) is 9.18 Å². The molecule has 0 radical (unpaired) electrons. The van der Waals surface area contributed by atoms with Crippen molar-refractivity contribution < 1.29 is 18.7 Å². The summed E-state index contributed by atoms with van der Waals surface area (Å²) in [5, 5.41) is 2.98. The topological polar surface area (TPSA) is 50.8 Å². The van der Waals surface area contributed by atoms with Crippen LogP contribution in [0.3, 0.4) is 0 Å². The first-order chi connectivity index (χ1) is 13.7. The fourth-order valence-electron chi connectivity index (χ4n) is 4.07. The predicted molar refractivity (Wildman–Crippen MR) is 104 cm³/mol. The van der Waals surface area contributed by atoms with Gasteiger partial charge in [0.1, 0.15) is 11.6 Å². The number of likely N-dealkylation sites (N-methyl/N-ethyl adjacent to an activating group) is 1. The van der Waals surface area contributed by atoms with E-state index in [4.69, 9.17) is 9.47 Å². The standard InChI is InChI=1S/C22H25FN2O3/c1-2-25-10-11-27-20(21(25)15-6-4-3-5-7-15)14-24-22(26)19-13-16-12-17(23)8-9-18(16)28-19/h3-9,12,19-21H,2,10-11,13-14H2,1H3,(H,24,26)/t19?,20-,21-/m0/s1. The molecule has 2 aliphatic rings. The highest BCUT2D eigenvalue weighted by Gasteiger charge is 2.34. The molecular formula is C22H25FN2O3. The predicted octanol–water partition coefficient (Wildman–Crippen LogP) is 2.71. The Balaban J connectivity index is 1.41. The van der Waals surface area contributed by atoms with Gasteiger partial charge in [-0.25, -0.2) is 4.39 Å². The summed E-state index contributed by atoms with van der Waals surface area (Å²) in [4.78, 5) is 15.0. The Kier molecular flexibility index (Phi) is 5.59. The first-order valence-electron chi connectivity index (χ1n) is 9.79. The van der Waals surface area contributed by atoms with Gasteiger partial charge in [0.15, 0.2) is 6.10 Å². The number of nitrogens with one attached hydrogen (secondary N) is 1. The van der Waals surface area contributed by atoms with Crippen LogP contribution in [-0.2, 0) is 16.0 Å². The van der Waals surface area contributed by atoms with E-state index in [1.54, 1.807) is 6.07 Å². The van der Waals surface area contributed by atoms with E-state index in [1.165, 1.54) is 17.7 Å². The number of ether oxygens (including phenoxy) is 2. The number of benzene rings is 2. The van der Waals surface area contributed by atoms with Crippen LogP contribution in [0.15, 0.2) is 48.5 Å². The molecule has 0 aromatic heterocycles. The Morgan fingerprint density at radius 1 is 1.25 bits per heavy atom. The number of carbonyl (C=O) groups excluding carboxylic acids is 1. The quantitative estimate of drug-likeness (QED) is 0.861. The number of amides is 1. The molecule has 4 rings (SSSR count). The summed E-state index contributed by atoms with van der Waals surface area (Å²) in [5.41, 5.74) is 1.91. The summed E-state index contributed by atoms with van der Waals surface area (Å²) in [7, 11) is 0. The zero-order valence-electron chi connectivity index (χ0n) is 15.9. The Hall–Kier alpha value is -2.44. The second-order valence-corrected chi connectivity index (χ2v) is 7.20. The molecule has 1 saturated heterocycles. The summed E-state index contributed by atoms with van der Waals surface area (Å²) in [5.74, 6) is 0.0693. The first-order valence-corrected chi connectivity index (χ1v) is 9.79. The van der Waals surface area contributed by atoms with Gasteiger partial charge in [-0.05, 0) is 30.3 Å². The molecule has 1 amide bonds. The molecule has 0 spiro atoms. The normalized spacial score (nSPS) is 24.4. The largest absolute Gasteiger partial charge is 0.480 e. The van der Waals surface area contributed by atoms with Crippen LogP contribution in [0.2, 0.25) is 0 Å². The molecule has 0 aliphatic carbocycles. The summed E-state index contributed by atoms with van der Waals surface area (Å²) in [6.07, 6.45) is -0.382. The maximum absolute atomic E-state index is 13.4. The van der Waals surface area contributed by atoms with E-state index < -0.39 is 6.10 Å². The van der Waals surface area contributed by atoms with Gasteiger partial charge < -0.3 is 14.8 Å². The Morgan fingerprint density at radius 2 is 2.07 bits per heavy atom. The van der Waals surface area contributed by atoms with Crippen LogP contribution in [0.4, 0.5) is 4.39 Å². The molecular weight excluding hydrogens is 359 g/mol. The zero-order chi connectivity index (χ0) is 19.5. The highest BCUT2D eigenvalue weighted by atomic mass is 19.1. The summed E-state index contributed by atoms with van der Waals surface area (Å²) < 4.78 is 25.1. The molecule has 1 unspecified atom stereocenters. The number of fused-ring (bicyclic) bond motifs is 1. The number of rotatable bonds is 5. The van der Waals surface area contributed by atoms with Gasteiger partial charge >= 0.3 is 0 Å². The summed E-state index contributed by atoms with van der Waals surface area (Å²) in [6, 6.07) is 14.7. The summed E-state index contributed by atoms with van der Waals surface area (Å²) >= 11 is 0. The minimum Gasteiger partial charge on any atom is -0.480 e. The minimum absolute atomic E-state index is 0.0936. The number of carbonyl (C=O) groups is 1. The monoisotopic (exact) mass is 384 g/mol. The Labute approximate surface area is 164 Å². The molecule has 148 valence electrons. The van der Waals surface area contributed by atoms with Crippen molar-refractivity contribution in [3.05, 3.63) is 65.5 Å². The van der Waals surface area contributed by atoms with Gasteiger partial charge in [0.05, 0.1) is 18.8 Å². The summed E-state index contributed by atoms with van der Waals surface area (Å²) in [6.45, 7) is 4.97. The third-order valence-electron chi connectivity index (χ3n) is 5.47. The molecule has 1 N–H and O–H groups in total. The number of nitrogens with zero attached hydrogens (tertiary/aromatic N) is 1. The highest BCUT2D eigenvalue weighted by Crippen LogP contribution is 2.31. The van der Waals surface area contributed by atoms with Crippen LogP contribution in [0.5, 0.6) is 5.75 Å². The van der Waals surface area contributed by atoms with Gasteiger partial charge in [-0.1, -0.05) is 37.3 Å². The van der Waals surface area contributed by atoms with Crippen molar-refractivity contribution in [3.8, 4) is 5.75 Å². The van der Waals surface area contributed by atoms with Crippen molar-refractivity contribution in [2.75, 3.05) is 26.2 Å². The lowest BCUT2D eigenvalue weighted by Crippen LogP contribution is -2.51. The van der Waals surface area contributed by atoms with Crippen LogP contribution >= 0.6 is 0 Å². The van der Waals surface area contributed by atoms with Crippen molar-refractivity contribution in [3.63, 3.8) is 0 Å². The van der Waals surface area contributed by atoms with Crippen molar-refractivity contribution in [1.82, 2.24) is 10.2 Å².